The molecule has 0 saturated carbocycles. The molecule has 4 rings (SSSR count). The highest BCUT2D eigenvalue weighted by molar-refractivity contribution is 7.16. The van der Waals surface area contributed by atoms with Crippen LogP contribution in [0.25, 0.3) is 10.2 Å². The first kappa shape index (κ1) is 23.6. The third-order valence-electron chi connectivity index (χ3n) is 5.99. The van der Waals surface area contributed by atoms with Crippen LogP contribution in [-0.2, 0) is 6.42 Å². The molecule has 5 nitrogen and oxygen atoms in total. The average Bonchev–Trinajstić information content (AvgIpc) is 3.17. The van der Waals surface area contributed by atoms with Crippen LogP contribution in [0.1, 0.15) is 31.2 Å². The fourth-order valence-electron chi connectivity index (χ4n) is 4.31. The van der Waals surface area contributed by atoms with Crippen molar-refractivity contribution in [3.8, 4) is 5.75 Å². The Kier molecular flexibility index (Phi) is 7.60. The molecule has 0 radical (unpaired) electrons. The molecule has 0 aliphatic carbocycles. The molecule has 1 saturated heterocycles. The van der Waals surface area contributed by atoms with Gasteiger partial charge in [-0.3, -0.25) is 9.69 Å². The van der Waals surface area contributed by atoms with Crippen LogP contribution in [0.4, 0.5) is 18.9 Å². The van der Waals surface area contributed by atoms with Crippen molar-refractivity contribution >= 4 is 27.2 Å². The van der Waals surface area contributed by atoms with E-state index in [0.29, 0.717) is 0 Å². The number of thiazole rings is 1. The molecule has 2 aromatic carbocycles. The Morgan fingerprint density at radius 1 is 0.939 bits per heavy atom. The summed E-state index contributed by atoms with van der Waals surface area (Å²) in [5.74, 6) is -0.174. The molecule has 1 aliphatic rings. The number of para-hydroxylation sites is 1. The number of aromatic amines is 1. The second kappa shape index (κ2) is 10.6. The summed E-state index contributed by atoms with van der Waals surface area (Å²) >= 11 is 1.25. The van der Waals surface area contributed by atoms with Crippen LogP contribution in [0.2, 0.25) is 0 Å². The summed E-state index contributed by atoms with van der Waals surface area (Å²) < 4.78 is 41.5. The van der Waals surface area contributed by atoms with Gasteiger partial charge in [0.15, 0.2) is 0 Å². The zero-order chi connectivity index (χ0) is 23.3. The predicted molar refractivity (Wildman–Crippen MR) is 126 cm³/mol. The highest BCUT2D eigenvalue weighted by atomic mass is 32.1. The fraction of sp³-hybridized carbons (Fsp3) is 0.458. The van der Waals surface area contributed by atoms with E-state index in [1.165, 1.54) is 23.5 Å². The van der Waals surface area contributed by atoms with Crippen LogP contribution in [0.3, 0.4) is 0 Å². The number of fused-ring (bicyclic) bond motifs is 1. The molecule has 2 heterocycles. The van der Waals surface area contributed by atoms with Gasteiger partial charge in [0, 0.05) is 26.2 Å². The summed E-state index contributed by atoms with van der Waals surface area (Å²) in [4.78, 5) is 19.5. The van der Waals surface area contributed by atoms with Crippen molar-refractivity contribution in [2.45, 2.75) is 38.5 Å². The number of alkyl halides is 3. The van der Waals surface area contributed by atoms with Crippen molar-refractivity contribution in [2.24, 2.45) is 0 Å². The van der Waals surface area contributed by atoms with Crippen molar-refractivity contribution in [3.05, 3.63) is 57.7 Å². The number of piperazine rings is 1. The fourth-order valence-corrected chi connectivity index (χ4v) is 5.07. The normalized spacial score (nSPS) is 15.3. The van der Waals surface area contributed by atoms with E-state index in [9.17, 15) is 18.0 Å². The molecule has 0 atom stereocenters. The summed E-state index contributed by atoms with van der Waals surface area (Å²) in [6, 6.07) is 12.2. The molecule has 0 unspecified atom stereocenters. The topological polar surface area (TPSA) is 48.6 Å². The standard InChI is InChI=1S/C24H28F3N3O2S/c25-24(26,27)32-19-11-9-18(10-12-19)6-3-1-2-4-13-29-14-16-30(17-15-29)20-7-5-8-21-22(20)28-23(31)33-21/h5,7-12H,1-4,6,13-17H2,(H,28,31). The Bertz CT molecular complexity index is 1090. The minimum Gasteiger partial charge on any atom is -0.406 e. The van der Waals surface area contributed by atoms with E-state index in [0.717, 1.165) is 86.3 Å². The molecule has 0 amide bonds. The Hall–Kier alpha value is -2.52. The van der Waals surface area contributed by atoms with Crippen LogP contribution in [0.15, 0.2) is 47.3 Å². The Morgan fingerprint density at radius 3 is 2.39 bits per heavy atom. The van der Waals surface area contributed by atoms with E-state index in [-0.39, 0.29) is 10.6 Å². The smallest absolute Gasteiger partial charge is 0.406 e. The lowest BCUT2D eigenvalue weighted by Crippen LogP contribution is -2.46. The van der Waals surface area contributed by atoms with Gasteiger partial charge in [0.25, 0.3) is 0 Å². The van der Waals surface area contributed by atoms with Gasteiger partial charge < -0.3 is 14.6 Å². The number of aryl methyl sites for hydroxylation is 1. The third kappa shape index (κ3) is 6.74. The van der Waals surface area contributed by atoms with Gasteiger partial charge in [0.1, 0.15) is 5.75 Å². The molecular formula is C24H28F3N3O2S. The van der Waals surface area contributed by atoms with E-state index >= 15 is 0 Å². The second-order valence-corrected chi connectivity index (χ2v) is 9.36. The van der Waals surface area contributed by atoms with E-state index in [1.807, 2.05) is 12.1 Å². The molecule has 9 heteroatoms. The van der Waals surface area contributed by atoms with Crippen molar-refractivity contribution < 1.29 is 17.9 Å². The van der Waals surface area contributed by atoms with Gasteiger partial charge in [-0.1, -0.05) is 42.4 Å². The minimum absolute atomic E-state index is 0.0106. The summed E-state index contributed by atoms with van der Waals surface area (Å²) in [7, 11) is 0. The number of halogens is 3. The number of nitrogens with zero attached hydrogens (tertiary/aromatic N) is 2. The van der Waals surface area contributed by atoms with Crippen LogP contribution in [0, 0.1) is 0 Å². The van der Waals surface area contributed by atoms with E-state index in [2.05, 4.69) is 25.6 Å². The number of hydrogen-bond acceptors (Lipinski definition) is 5. The van der Waals surface area contributed by atoms with Gasteiger partial charge in [0.2, 0.25) is 0 Å². The number of aromatic nitrogens is 1. The van der Waals surface area contributed by atoms with E-state index in [4.69, 9.17) is 0 Å². The molecule has 33 heavy (non-hydrogen) atoms. The van der Waals surface area contributed by atoms with Gasteiger partial charge in [-0.2, -0.15) is 0 Å². The van der Waals surface area contributed by atoms with Crippen molar-refractivity contribution in [3.63, 3.8) is 0 Å². The molecule has 1 aliphatic heterocycles. The second-order valence-electron chi connectivity index (χ2n) is 8.35. The summed E-state index contributed by atoms with van der Waals surface area (Å²) in [6.07, 6.45) is 0.634. The monoisotopic (exact) mass is 479 g/mol. The third-order valence-corrected chi connectivity index (χ3v) is 6.84. The first-order chi connectivity index (χ1) is 15.9. The van der Waals surface area contributed by atoms with Gasteiger partial charge in [-0.05, 0) is 55.6 Å². The Morgan fingerprint density at radius 2 is 1.67 bits per heavy atom. The number of ether oxygens (including phenoxy) is 1. The largest absolute Gasteiger partial charge is 0.573 e. The van der Waals surface area contributed by atoms with E-state index in [1.54, 1.807) is 12.1 Å². The predicted octanol–water partition coefficient (Wildman–Crippen LogP) is 5.41. The lowest BCUT2D eigenvalue weighted by molar-refractivity contribution is -0.274. The summed E-state index contributed by atoms with van der Waals surface area (Å²) in [6.45, 7) is 5.00. The van der Waals surface area contributed by atoms with Crippen LogP contribution in [-0.4, -0.2) is 49.0 Å². The van der Waals surface area contributed by atoms with Crippen LogP contribution in [0.5, 0.6) is 5.75 Å². The molecular weight excluding hydrogens is 451 g/mol. The number of benzene rings is 2. The first-order valence-corrected chi connectivity index (χ1v) is 12.1. The van der Waals surface area contributed by atoms with Crippen molar-refractivity contribution in [1.29, 1.82) is 0 Å². The van der Waals surface area contributed by atoms with Gasteiger partial charge in [-0.25, -0.2) is 0 Å². The average molecular weight is 480 g/mol. The molecule has 3 aromatic rings. The maximum absolute atomic E-state index is 12.2. The number of hydrogen-bond donors (Lipinski definition) is 1. The lowest BCUT2D eigenvalue weighted by atomic mass is 10.1. The summed E-state index contributed by atoms with van der Waals surface area (Å²) in [5, 5.41) is 0. The number of rotatable bonds is 9. The highest BCUT2D eigenvalue weighted by Crippen LogP contribution is 2.27. The minimum atomic E-state index is -4.65. The number of H-pyrrole nitrogens is 1. The van der Waals surface area contributed by atoms with Crippen LogP contribution < -0.4 is 14.5 Å². The lowest BCUT2D eigenvalue weighted by Gasteiger charge is -2.36. The first-order valence-electron chi connectivity index (χ1n) is 11.3. The molecule has 1 aromatic heterocycles. The SMILES string of the molecule is O=c1[nH]c2c(N3CCN(CCCCCCc4ccc(OC(F)(F)F)cc4)CC3)cccc2s1. The zero-order valence-electron chi connectivity index (χ0n) is 18.4. The van der Waals surface area contributed by atoms with Gasteiger partial charge >= 0.3 is 11.2 Å². The molecule has 0 bridgehead atoms. The van der Waals surface area contributed by atoms with Crippen molar-refractivity contribution in [2.75, 3.05) is 37.6 Å². The quantitative estimate of drug-likeness (QED) is 0.417. The molecule has 1 N–H and O–H groups in total. The molecule has 0 spiro atoms. The number of nitrogens with one attached hydrogen (secondary N) is 1. The zero-order valence-corrected chi connectivity index (χ0v) is 19.2. The Labute approximate surface area is 194 Å². The maximum atomic E-state index is 12.2. The molecule has 178 valence electrons. The van der Waals surface area contributed by atoms with Gasteiger partial charge in [0.05, 0.1) is 15.9 Å². The molecule has 1 fully saturated rings. The number of anilines is 1. The highest BCUT2D eigenvalue weighted by Gasteiger charge is 2.30. The van der Waals surface area contributed by atoms with E-state index < -0.39 is 6.36 Å². The van der Waals surface area contributed by atoms with Gasteiger partial charge in [-0.15, -0.1) is 13.2 Å². The number of unbranched alkanes of at least 4 members (excludes halogenated alkanes) is 3. The van der Waals surface area contributed by atoms with Crippen LogP contribution >= 0.6 is 11.3 Å². The Balaban J connectivity index is 1.12. The van der Waals surface area contributed by atoms with Crippen molar-refractivity contribution in [1.82, 2.24) is 9.88 Å². The maximum Gasteiger partial charge on any atom is 0.573 e. The summed E-state index contributed by atoms with van der Waals surface area (Å²) in [5.41, 5.74) is 3.09.